The predicted octanol–water partition coefficient (Wildman–Crippen LogP) is 5.35. The molecule has 0 aliphatic heterocycles. The van der Waals surface area contributed by atoms with Crippen LogP contribution < -0.4 is 5.69 Å². The first-order valence-electron chi connectivity index (χ1n) is 10.6. The highest BCUT2D eigenvalue weighted by atomic mass is 16.3. The van der Waals surface area contributed by atoms with Gasteiger partial charge >= 0.3 is 5.69 Å². The average Bonchev–Trinajstić information content (AvgIpc) is 3.08. The molecule has 1 aliphatic carbocycles. The molecule has 5 nitrogen and oxygen atoms in total. The van der Waals surface area contributed by atoms with E-state index in [1.165, 1.54) is 11.6 Å². The maximum absolute atomic E-state index is 12.8. The van der Waals surface area contributed by atoms with E-state index in [1.807, 2.05) is 26.0 Å². The standard InChI is InChI=1S/C25H28N2O3/c1-4-6-16-9-10-18-17(11-16)7-5-8-21(18)27-22(14-26-25(27)30)20-12-19(15(2)3)23(28)13-24(20)29/h5,7-10,12-16,28-29H,4,6,11H2,1-3H3,(H,26,30). The molecule has 1 heterocycles. The summed E-state index contributed by atoms with van der Waals surface area (Å²) in [5.41, 5.74) is 4.59. The van der Waals surface area contributed by atoms with E-state index in [4.69, 9.17) is 0 Å². The topological polar surface area (TPSA) is 78.2 Å². The second-order valence-electron chi connectivity index (χ2n) is 8.36. The summed E-state index contributed by atoms with van der Waals surface area (Å²) in [6, 6.07) is 9.15. The lowest BCUT2D eigenvalue weighted by Gasteiger charge is -2.22. The van der Waals surface area contributed by atoms with Crippen molar-refractivity contribution in [1.29, 1.82) is 0 Å². The van der Waals surface area contributed by atoms with E-state index in [2.05, 4.69) is 30.1 Å². The second kappa shape index (κ2) is 7.90. The van der Waals surface area contributed by atoms with Gasteiger partial charge in [-0.25, -0.2) is 4.79 Å². The zero-order valence-corrected chi connectivity index (χ0v) is 17.6. The Kier molecular flexibility index (Phi) is 5.29. The third kappa shape index (κ3) is 3.45. The van der Waals surface area contributed by atoms with Gasteiger partial charge in [-0.2, -0.15) is 0 Å². The predicted molar refractivity (Wildman–Crippen MR) is 120 cm³/mol. The van der Waals surface area contributed by atoms with Crippen LogP contribution in [0.1, 0.15) is 56.2 Å². The number of phenolic OH excluding ortho intramolecular Hbond substituents is 2. The fraction of sp³-hybridized carbons (Fsp3) is 0.320. The Morgan fingerprint density at radius 2 is 2.00 bits per heavy atom. The molecule has 0 radical (unpaired) electrons. The van der Waals surface area contributed by atoms with Gasteiger partial charge in [-0.05, 0) is 47.9 Å². The molecule has 156 valence electrons. The van der Waals surface area contributed by atoms with Crippen LogP contribution >= 0.6 is 0 Å². The zero-order valence-electron chi connectivity index (χ0n) is 17.6. The molecule has 3 N–H and O–H groups in total. The minimum absolute atomic E-state index is 0.0534. The van der Waals surface area contributed by atoms with E-state index in [-0.39, 0.29) is 23.1 Å². The monoisotopic (exact) mass is 404 g/mol. The van der Waals surface area contributed by atoms with Crippen LogP contribution in [0, 0.1) is 5.92 Å². The van der Waals surface area contributed by atoms with Crippen LogP contribution in [0.3, 0.4) is 0 Å². The van der Waals surface area contributed by atoms with Gasteiger partial charge in [-0.15, -0.1) is 0 Å². The molecule has 1 unspecified atom stereocenters. The lowest BCUT2D eigenvalue weighted by atomic mass is 9.86. The number of aromatic nitrogens is 2. The van der Waals surface area contributed by atoms with Gasteiger partial charge in [0.1, 0.15) is 11.5 Å². The van der Waals surface area contributed by atoms with Crippen molar-refractivity contribution in [3.63, 3.8) is 0 Å². The molecule has 5 heteroatoms. The summed E-state index contributed by atoms with van der Waals surface area (Å²) in [6.07, 6.45) is 9.22. The van der Waals surface area contributed by atoms with E-state index in [1.54, 1.807) is 16.8 Å². The van der Waals surface area contributed by atoms with Crippen molar-refractivity contribution >= 4 is 6.08 Å². The first-order chi connectivity index (χ1) is 14.4. The lowest BCUT2D eigenvalue weighted by molar-refractivity contribution is 0.445. The molecule has 30 heavy (non-hydrogen) atoms. The molecule has 0 bridgehead atoms. The molecule has 1 aliphatic rings. The van der Waals surface area contributed by atoms with Crippen molar-refractivity contribution in [3.05, 3.63) is 69.8 Å². The number of phenols is 2. The van der Waals surface area contributed by atoms with Crippen LogP contribution in [0.25, 0.3) is 23.0 Å². The van der Waals surface area contributed by atoms with E-state index in [0.717, 1.165) is 36.1 Å². The van der Waals surface area contributed by atoms with Crippen LogP contribution in [0.5, 0.6) is 11.5 Å². The van der Waals surface area contributed by atoms with Crippen LogP contribution in [-0.4, -0.2) is 19.8 Å². The molecule has 0 amide bonds. The lowest BCUT2D eigenvalue weighted by Crippen LogP contribution is -2.18. The molecule has 1 atom stereocenters. The first kappa shape index (κ1) is 20.1. The van der Waals surface area contributed by atoms with E-state index in [0.29, 0.717) is 17.2 Å². The van der Waals surface area contributed by atoms with Gasteiger partial charge in [0.05, 0.1) is 11.4 Å². The normalized spacial score (nSPS) is 15.5. The minimum atomic E-state index is -0.263. The van der Waals surface area contributed by atoms with Crippen molar-refractivity contribution in [1.82, 2.24) is 9.55 Å². The number of nitrogens with zero attached hydrogens (tertiary/aromatic N) is 1. The van der Waals surface area contributed by atoms with Crippen LogP contribution in [0.2, 0.25) is 0 Å². The highest BCUT2D eigenvalue weighted by molar-refractivity contribution is 5.74. The van der Waals surface area contributed by atoms with Gasteiger partial charge in [-0.1, -0.05) is 51.5 Å². The smallest absolute Gasteiger partial charge is 0.330 e. The molecule has 2 aromatic carbocycles. The van der Waals surface area contributed by atoms with Crippen molar-refractivity contribution in [2.24, 2.45) is 5.92 Å². The summed E-state index contributed by atoms with van der Waals surface area (Å²) in [6.45, 7) is 6.15. The molecule has 0 saturated carbocycles. The van der Waals surface area contributed by atoms with Crippen molar-refractivity contribution in [2.75, 3.05) is 0 Å². The quantitative estimate of drug-likeness (QED) is 0.536. The number of aromatic amines is 1. The Morgan fingerprint density at radius 1 is 1.20 bits per heavy atom. The van der Waals surface area contributed by atoms with Gasteiger partial charge in [0.2, 0.25) is 0 Å². The van der Waals surface area contributed by atoms with Gasteiger partial charge in [0.25, 0.3) is 0 Å². The third-order valence-corrected chi connectivity index (χ3v) is 5.91. The van der Waals surface area contributed by atoms with Crippen molar-refractivity contribution in [3.8, 4) is 28.4 Å². The molecule has 4 rings (SSSR count). The summed E-state index contributed by atoms with van der Waals surface area (Å²) in [7, 11) is 0. The Morgan fingerprint density at radius 3 is 2.73 bits per heavy atom. The number of aromatic hydroxyl groups is 2. The highest BCUT2D eigenvalue weighted by Gasteiger charge is 2.21. The molecule has 0 fully saturated rings. The Balaban J connectivity index is 1.88. The minimum Gasteiger partial charge on any atom is -0.508 e. The summed E-state index contributed by atoms with van der Waals surface area (Å²) in [5.74, 6) is 0.590. The number of rotatable bonds is 5. The van der Waals surface area contributed by atoms with Crippen molar-refractivity contribution in [2.45, 2.75) is 46.0 Å². The van der Waals surface area contributed by atoms with Gasteiger partial charge in [0, 0.05) is 23.4 Å². The van der Waals surface area contributed by atoms with Crippen LogP contribution in [0.15, 0.2) is 47.4 Å². The maximum Gasteiger partial charge on any atom is 0.330 e. The number of fused-ring (bicyclic) bond motifs is 1. The maximum atomic E-state index is 12.8. The van der Waals surface area contributed by atoms with E-state index < -0.39 is 0 Å². The van der Waals surface area contributed by atoms with Crippen LogP contribution in [-0.2, 0) is 6.42 Å². The van der Waals surface area contributed by atoms with Crippen molar-refractivity contribution < 1.29 is 10.2 Å². The van der Waals surface area contributed by atoms with E-state index in [9.17, 15) is 15.0 Å². The summed E-state index contributed by atoms with van der Waals surface area (Å²) in [5, 5.41) is 20.8. The number of benzene rings is 2. The molecular weight excluding hydrogens is 376 g/mol. The fourth-order valence-corrected chi connectivity index (χ4v) is 4.38. The number of imidazole rings is 1. The molecular formula is C25H28N2O3. The van der Waals surface area contributed by atoms with Crippen LogP contribution in [0.4, 0.5) is 0 Å². The van der Waals surface area contributed by atoms with Gasteiger partial charge in [-0.3, -0.25) is 4.57 Å². The summed E-state index contributed by atoms with van der Waals surface area (Å²) < 4.78 is 1.61. The SMILES string of the molecule is CCCC1C=Cc2c(cccc2-n2c(-c3cc(C(C)C)c(O)cc3O)c[nH]c2=O)C1. The number of hydrogen-bond donors (Lipinski definition) is 3. The molecule has 0 spiro atoms. The Hall–Kier alpha value is -3.21. The Labute approximate surface area is 176 Å². The molecule has 3 aromatic rings. The molecule has 0 saturated heterocycles. The number of nitrogens with one attached hydrogen (secondary N) is 1. The number of H-pyrrole nitrogens is 1. The van der Waals surface area contributed by atoms with E-state index >= 15 is 0 Å². The second-order valence-corrected chi connectivity index (χ2v) is 8.36. The molecule has 1 aromatic heterocycles. The highest BCUT2D eigenvalue weighted by Crippen LogP contribution is 2.39. The average molecular weight is 405 g/mol. The van der Waals surface area contributed by atoms with Gasteiger partial charge < -0.3 is 15.2 Å². The largest absolute Gasteiger partial charge is 0.508 e. The number of allylic oxidation sites excluding steroid dienone is 1. The number of hydrogen-bond acceptors (Lipinski definition) is 3. The summed E-state index contributed by atoms with van der Waals surface area (Å²) in [4.78, 5) is 15.6. The summed E-state index contributed by atoms with van der Waals surface area (Å²) >= 11 is 0. The Bertz CT molecular complexity index is 1170. The van der Waals surface area contributed by atoms with Gasteiger partial charge in [0.15, 0.2) is 0 Å². The third-order valence-electron chi connectivity index (χ3n) is 5.91. The fourth-order valence-electron chi connectivity index (χ4n) is 4.38. The zero-order chi connectivity index (χ0) is 21.4. The first-order valence-corrected chi connectivity index (χ1v) is 10.6.